The van der Waals surface area contributed by atoms with Gasteiger partial charge in [0.15, 0.2) is 0 Å². The number of aromatic amines is 2. The third kappa shape index (κ3) is 1.96. The molecule has 6 heteroatoms. The number of thioether (sulfide) groups is 1. The minimum Gasteiger partial charge on any atom is -0.339 e. The SMILES string of the molecule is CN(C)C(=O)Sc1cccc2[nH]c(=O)[nH]c12. The highest BCUT2D eigenvalue weighted by molar-refractivity contribution is 8.13. The van der Waals surface area contributed by atoms with Crippen LogP contribution in [-0.2, 0) is 0 Å². The zero-order valence-electron chi connectivity index (χ0n) is 8.90. The van der Waals surface area contributed by atoms with E-state index in [0.29, 0.717) is 11.0 Å². The Bertz CT molecular complexity index is 585. The minimum atomic E-state index is -0.264. The molecular formula is C10H11N3O2S. The van der Waals surface area contributed by atoms with Gasteiger partial charge in [-0.2, -0.15) is 0 Å². The Morgan fingerprint density at radius 1 is 1.31 bits per heavy atom. The molecule has 0 unspecified atom stereocenters. The molecule has 0 fully saturated rings. The normalized spacial score (nSPS) is 10.6. The van der Waals surface area contributed by atoms with Crippen LogP contribution in [0.15, 0.2) is 27.9 Å². The summed E-state index contributed by atoms with van der Waals surface area (Å²) in [6, 6.07) is 5.40. The highest BCUT2D eigenvalue weighted by Gasteiger charge is 2.10. The maximum Gasteiger partial charge on any atom is 0.323 e. The Kier molecular flexibility index (Phi) is 2.74. The number of nitrogens with one attached hydrogen (secondary N) is 2. The van der Waals surface area contributed by atoms with Gasteiger partial charge < -0.3 is 14.9 Å². The molecule has 1 amide bonds. The Morgan fingerprint density at radius 3 is 2.75 bits per heavy atom. The maximum atomic E-state index is 11.5. The van der Waals surface area contributed by atoms with E-state index in [1.807, 2.05) is 0 Å². The van der Waals surface area contributed by atoms with Crippen molar-refractivity contribution >= 4 is 28.0 Å². The number of fused-ring (bicyclic) bond motifs is 1. The van der Waals surface area contributed by atoms with Crippen LogP contribution in [0.25, 0.3) is 11.0 Å². The molecule has 1 aromatic carbocycles. The van der Waals surface area contributed by atoms with E-state index < -0.39 is 0 Å². The number of hydrogen-bond acceptors (Lipinski definition) is 3. The number of benzene rings is 1. The van der Waals surface area contributed by atoms with Crippen molar-refractivity contribution < 1.29 is 4.79 Å². The molecule has 84 valence electrons. The van der Waals surface area contributed by atoms with Gasteiger partial charge in [-0.1, -0.05) is 6.07 Å². The summed E-state index contributed by atoms with van der Waals surface area (Å²) in [5.41, 5.74) is 1.12. The predicted octanol–water partition coefficient (Wildman–Crippen LogP) is 1.63. The van der Waals surface area contributed by atoms with E-state index in [4.69, 9.17) is 0 Å². The van der Waals surface area contributed by atoms with Crippen molar-refractivity contribution in [1.82, 2.24) is 14.9 Å². The molecule has 1 aromatic heterocycles. The van der Waals surface area contributed by atoms with Crippen molar-refractivity contribution in [2.24, 2.45) is 0 Å². The molecule has 0 atom stereocenters. The summed E-state index contributed by atoms with van der Waals surface area (Å²) in [6.07, 6.45) is 0. The Balaban J connectivity index is 2.44. The molecule has 0 aliphatic carbocycles. The zero-order chi connectivity index (χ0) is 11.7. The Labute approximate surface area is 95.8 Å². The van der Waals surface area contributed by atoms with E-state index in [0.717, 1.165) is 16.7 Å². The van der Waals surface area contributed by atoms with Crippen molar-refractivity contribution in [1.29, 1.82) is 0 Å². The second-order valence-electron chi connectivity index (χ2n) is 3.52. The Morgan fingerprint density at radius 2 is 2.06 bits per heavy atom. The lowest BCUT2D eigenvalue weighted by molar-refractivity contribution is 0.241. The molecule has 0 saturated carbocycles. The molecular weight excluding hydrogens is 226 g/mol. The van der Waals surface area contributed by atoms with E-state index in [9.17, 15) is 9.59 Å². The zero-order valence-corrected chi connectivity index (χ0v) is 9.72. The summed E-state index contributed by atoms with van der Waals surface area (Å²) in [4.78, 5) is 30.3. The van der Waals surface area contributed by atoms with Crippen LogP contribution in [0, 0.1) is 0 Å². The first-order valence-corrected chi connectivity index (χ1v) is 5.50. The molecule has 0 radical (unpaired) electrons. The van der Waals surface area contributed by atoms with Crippen molar-refractivity contribution in [2.75, 3.05) is 14.1 Å². The summed E-state index contributed by atoms with van der Waals surface area (Å²) >= 11 is 1.09. The van der Waals surface area contributed by atoms with Crippen molar-refractivity contribution in [3.8, 4) is 0 Å². The summed E-state index contributed by atoms with van der Waals surface area (Å²) in [5, 5.41) is -0.0745. The van der Waals surface area contributed by atoms with Gasteiger partial charge in [-0.15, -0.1) is 0 Å². The number of para-hydroxylation sites is 1. The van der Waals surface area contributed by atoms with E-state index in [1.165, 1.54) is 4.90 Å². The fraction of sp³-hybridized carbons (Fsp3) is 0.200. The van der Waals surface area contributed by atoms with Crippen LogP contribution in [0.4, 0.5) is 4.79 Å². The molecule has 0 bridgehead atoms. The number of aromatic nitrogens is 2. The molecule has 0 aliphatic rings. The number of rotatable bonds is 1. The lowest BCUT2D eigenvalue weighted by atomic mass is 10.3. The summed E-state index contributed by atoms with van der Waals surface area (Å²) < 4.78 is 0. The van der Waals surface area contributed by atoms with Crippen LogP contribution in [-0.4, -0.2) is 34.2 Å². The molecule has 0 spiro atoms. The summed E-state index contributed by atoms with van der Waals surface area (Å²) in [5.74, 6) is 0. The predicted molar refractivity (Wildman–Crippen MR) is 63.9 cm³/mol. The van der Waals surface area contributed by atoms with Gasteiger partial charge in [0, 0.05) is 19.0 Å². The van der Waals surface area contributed by atoms with Crippen molar-refractivity contribution in [3.05, 3.63) is 28.7 Å². The average molecular weight is 237 g/mol. The quantitative estimate of drug-likeness (QED) is 0.741. The van der Waals surface area contributed by atoms with Gasteiger partial charge in [-0.3, -0.25) is 4.79 Å². The van der Waals surface area contributed by atoms with Gasteiger partial charge in [0.2, 0.25) is 0 Å². The Hall–Kier alpha value is -1.69. The van der Waals surface area contributed by atoms with Gasteiger partial charge in [-0.05, 0) is 23.9 Å². The van der Waals surface area contributed by atoms with Gasteiger partial charge in [-0.25, -0.2) is 4.79 Å². The van der Waals surface area contributed by atoms with Crippen LogP contribution in [0.3, 0.4) is 0 Å². The smallest absolute Gasteiger partial charge is 0.323 e. The van der Waals surface area contributed by atoms with E-state index >= 15 is 0 Å². The molecule has 0 saturated heterocycles. The fourth-order valence-electron chi connectivity index (χ4n) is 1.30. The lowest BCUT2D eigenvalue weighted by Crippen LogP contribution is -2.16. The number of nitrogens with zero attached hydrogens (tertiary/aromatic N) is 1. The van der Waals surface area contributed by atoms with Gasteiger partial charge >= 0.3 is 5.69 Å². The first-order valence-electron chi connectivity index (χ1n) is 4.68. The van der Waals surface area contributed by atoms with E-state index in [2.05, 4.69) is 9.97 Å². The average Bonchev–Trinajstić information content (AvgIpc) is 2.59. The van der Waals surface area contributed by atoms with Crippen LogP contribution in [0.5, 0.6) is 0 Å². The monoisotopic (exact) mass is 237 g/mol. The first kappa shape index (κ1) is 10.8. The number of carbonyl (C=O) groups excluding carboxylic acids is 1. The summed E-state index contributed by atoms with van der Waals surface area (Å²) in [7, 11) is 3.38. The second kappa shape index (κ2) is 4.05. The number of H-pyrrole nitrogens is 2. The van der Waals surface area contributed by atoms with E-state index in [-0.39, 0.29) is 10.9 Å². The second-order valence-corrected chi connectivity index (χ2v) is 4.51. The number of amides is 1. The number of hydrogen-bond donors (Lipinski definition) is 2. The van der Waals surface area contributed by atoms with Crippen LogP contribution < -0.4 is 5.69 Å². The van der Waals surface area contributed by atoms with Gasteiger partial charge in [0.05, 0.1) is 11.0 Å². The minimum absolute atomic E-state index is 0.0745. The largest absolute Gasteiger partial charge is 0.339 e. The summed E-state index contributed by atoms with van der Waals surface area (Å²) in [6.45, 7) is 0. The molecule has 0 aliphatic heterocycles. The topological polar surface area (TPSA) is 69.0 Å². The molecule has 2 N–H and O–H groups in total. The lowest BCUT2D eigenvalue weighted by Gasteiger charge is -2.09. The molecule has 2 aromatic rings. The van der Waals surface area contributed by atoms with Crippen LogP contribution >= 0.6 is 11.8 Å². The van der Waals surface area contributed by atoms with Crippen molar-refractivity contribution in [3.63, 3.8) is 0 Å². The van der Waals surface area contributed by atoms with Gasteiger partial charge in [0.25, 0.3) is 5.24 Å². The number of imidazole rings is 1. The van der Waals surface area contributed by atoms with E-state index in [1.54, 1.807) is 32.3 Å². The van der Waals surface area contributed by atoms with Crippen LogP contribution in [0.2, 0.25) is 0 Å². The number of carbonyl (C=O) groups is 1. The van der Waals surface area contributed by atoms with Crippen molar-refractivity contribution in [2.45, 2.75) is 4.90 Å². The highest BCUT2D eigenvalue weighted by Crippen LogP contribution is 2.26. The third-order valence-electron chi connectivity index (χ3n) is 2.08. The highest BCUT2D eigenvalue weighted by atomic mass is 32.2. The molecule has 16 heavy (non-hydrogen) atoms. The maximum absolute atomic E-state index is 11.5. The first-order chi connectivity index (χ1) is 7.58. The molecule has 5 nitrogen and oxygen atoms in total. The van der Waals surface area contributed by atoms with Gasteiger partial charge in [0.1, 0.15) is 0 Å². The standard InChI is InChI=1S/C10H11N3O2S/c1-13(2)10(15)16-7-5-3-4-6-8(7)12-9(14)11-6/h3-5H,1-2H3,(H2,11,12,14). The molecule has 2 rings (SSSR count). The fourth-order valence-corrected chi connectivity index (χ4v) is 2.08. The molecule has 1 heterocycles. The third-order valence-corrected chi connectivity index (χ3v) is 3.18. The van der Waals surface area contributed by atoms with Crippen LogP contribution in [0.1, 0.15) is 0 Å².